The van der Waals surface area contributed by atoms with E-state index in [1.165, 1.54) is 32.4 Å². The summed E-state index contributed by atoms with van der Waals surface area (Å²) >= 11 is 2.24. The second-order valence-electron chi connectivity index (χ2n) is 4.56. The summed E-state index contributed by atoms with van der Waals surface area (Å²) in [5.41, 5.74) is 0. The van der Waals surface area contributed by atoms with Crippen LogP contribution in [0.1, 0.15) is 19.3 Å². The third-order valence-electron chi connectivity index (χ3n) is 3.62. The van der Waals surface area contributed by atoms with E-state index in [0.717, 1.165) is 21.4 Å². The van der Waals surface area contributed by atoms with Crippen molar-refractivity contribution in [2.24, 2.45) is 11.8 Å². The molecular formula is C11H14IN3. The van der Waals surface area contributed by atoms with Crippen molar-refractivity contribution in [1.82, 2.24) is 9.97 Å². The maximum atomic E-state index is 4.39. The van der Waals surface area contributed by atoms with Gasteiger partial charge in [0.15, 0.2) is 0 Å². The van der Waals surface area contributed by atoms with E-state index in [1.807, 2.05) is 12.4 Å². The number of fused-ring (bicyclic) bond motifs is 1. The first-order valence-electron chi connectivity index (χ1n) is 5.55. The van der Waals surface area contributed by atoms with Crippen molar-refractivity contribution in [3.63, 3.8) is 0 Å². The number of hydrogen-bond acceptors (Lipinski definition) is 3. The van der Waals surface area contributed by atoms with Crippen LogP contribution in [0.3, 0.4) is 0 Å². The normalized spacial score (nSPS) is 29.5. The minimum absolute atomic E-state index is 0.910. The molecule has 0 bridgehead atoms. The van der Waals surface area contributed by atoms with Crippen molar-refractivity contribution < 1.29 is 0 Å². The highest BCUT2D eigenvalue weighted by Crippen LogP contribution is 2.38. The smallest absolute Gasteiger partial charge is 0.225 e. The minimum Gasteiger partial charge on any atom is -0.340 e. The van der Waals surface area contributed by atoms with Gasteiger partial charge in [-0.15, -0.1) is 0 Å². The number of halogens is 1. The third-order valence-corrected chi connectivity index (χ3v) is 4.17. The molecule has 0 aromatic carbocycles. The van der Waals surface area contributed by atoms with Crippen LogP contribution in [0.25, 0.3) is 0 Å². The van der Waals surface area contributed by atoms with E-state index in [2.05, 4.69) is 37.5 Å². The molecule has 2 atom stereocenters. The summed E-state index contributed by atoms with van der Waals surface area (Å²) in [6, 6.07) is 0. The Morgan fingerprint density at radius 1 is 1.13 bits per heavy atom. The fraction of sp³-hybridized carbons (Fsp3) is 0.636. The van der Waals surface area contributed by atoms with Gasteiger partial charge in [-0.3, -0.25) is 0 Å². The SMILES string of the molecule is Ic1cnc(N2CC3CCCC3C2)nc1. The van der Waals surface area contributed by atoms with E-state index in [1.54, 1.807) is 0 Å². The van der Waals surface area contributed by atoms with Crippen LogP contribution < -0.4 is 4.90 Å². The molecule has 1 aliphatic carbocycles. The minimum atomic E-state index is 0.910. The molecule has 3 rings (SSSR count). The molecule has 4 heteroatoms. The number of aromatic nitrogens is 2. The lowest BCUT2D eigenvalue weighted by Gasteiger charge is -2.16. The molecular weight excluding hydrogens is 301 g/mol. The molecule has 2 fully saturated rings. The van der Waals surface area contributed by atoms with Gasteiger partial charge in [-0.05, 0) is 47.3 Å². The highest BCUT2D eigenvalue weighted by atomic mass is 127. The van der Waals surface area contributed by atoms with Crippen LogP contribution in [-0.2, 0) is 0 Å². The predicted octanol–water partition coefficient (Wildman–Crippen LogP) is 2.32. The molecule has 0 radical (unpaired) electrons. The molecule has 3 nitrogen and oxygen atoms in total. The standard InChI is InChI=1S/C11H14IN3/c12-10-4-13-11(14-5-10)15-6-8-2-1-3-9(8)7-15/h4-5,8-9H,1-3,6-7H2. The maximum absolute atomic E-state index is 4.39. The Labute approximate surface area is 103 Å². The molecule has 15 heavy (non-hydrogen) atoms. The molecule has 80 valence electrons. The summed E-state index contributed by atoms with van der Waals surface area (Å²) in [6.07, 6.45) is 8.04. The van der Waals surface area contributed by atoms with E-state index in [0.29, 0.717) is 0 Å². The molecule has 2 aliphatic rings. The molecule has 1 aromatic rings. The largest absolute Gasteiger partial charge is 0.340 e. The number of nitrogens with zero attached hydrogens (tertiary/aromatic N) is 3. The van der Waals surface area contributed by atoms with E-state index in [4.69, 9.17) is 0 Å². The van der Waals surface area contributed by atoms with Crippen LogP contribution in [0.5, 0.6) is 0 Å². The zero-order chi connectivity index (χ0) is 10.3. The highest BCUT2D eigenvalue weighted by molar-refractivity contribution is 14.1. The lowest BCUT2D eigenvalue weighted by atomic mass is 10.0. The lowest BCUT2D eigenvalue weighted by molar-refractivity contribution is 0.494. The van der Waals surface area contributed by atoms with Gasteiger partial charge in [0.2, 0.25) is 5.95 Å². The molecule has 1 saturated heterocycles. The Balaban J connectivity index is 1.76. The summed E-state index contributed by atoms with van der Waals surface area (Å²) in [7, 11) is 0. The van der Waals surface area contributed by atoms with Gasteiger partial charge in [-0.2, -0.15) is 0 Å². The van der Waals surface area contributed by atoms with E-state index in [9.17, 15) is 0 Å². The van der Waals surface area contributed by atoms with Crippen molar-refractivity contribution in [2.75, 3.05) is 18.0 Å². The van der Waals surface area contributed by atoms with Crippen LogP contribution in [-0.4, -0.2) is 23.1 Å². The van der Waals surface area contributed by atoms with Gasteiger partial charge in [0, 0.05) is 29.1 Å². The summed E-state index contributed by atoms with van der Waals surface area (Å²) in [5.74, 6) is 2.74. The first kappa shape index (κ1) is 9.81. The second kappa shape index (κ2) is 3.88. The number of hydrogen-bond donors (Lipinski definition) is 0. The topological polar surface area (TPSA) is 29.0 Å². The quantitative estimate of drug-likeness (QED) is 0.745. The fourth-order valence-electron chi connectivity index (χ4n) is 2.87. The van der Waals surface area contributed by atoms with Crippen molar-refractivity contribution >= 4 is 28.5 Å². The van der Waals surface area contributed by atoms with Crippen molar-refractivity contribution in [1.29, 1.82) is 0 Å². The summed E-state index contributed by atoms with van der Waals surface area (Å²) < 4.78 is 1.11. The van der Waals surface area contributed by atoms with Crippen LogP contribution >= 0.6 is 22.6 Å². The van der Waals surface area contributed by atoms with Gasteiger partial charge in [0.25, 0.3) is 0 Å². The Bertz CT molecular complexity index is 339. The average molecular weight is 315 g/mol. The van der Waals surface area contributed by atoms with Crippen LogP contribution in [0.2, 0.25) is 0 Å². The monoisotopic (exact) mass is 315 g/mol. The van der Waals surface area contributed by atoms with Gasteiger partial charge < -0.3 is 4.90 Å². The summed E-state index contributed by atoms with van der Waals surface area (Å²) in [6.45, 7) is 2.34. The number of anilines is 1. The molecule has 2 heterocycles. The Hall–Kier alpha value is -0.390. The Morgan fingerprint density at radius 3 is 2.33 bits per heavy atom. The average Bonchev–Trinajstić information content (AvgIpc) is 2.78. The third kappa shape index (κ3) is 1.84. The summed E-state index contributed by atoms with van der Waals surface area (Å²) in [5, 5.41) is 0. The number of rotatable bonds is 1. The molecule has 1 aromatic heterocycles. The van der Waals surface area contributed by atoms with Crippen molar-refractivity contribution in [3.05, 3.63) is 16.0 Å². The van der Waals surface area contributed by atoms with E-state index < -0.39 is 0 Å². The summed E-state index contributed by atoms with van der Waals surface area (Å²) in [4.78, 5) is 11.1. The molecule has 1 aliphatic heterocycles. The molecule has 1 saturated carbocycles. The zero-order valence-corrected chi connectivity index (χ0v) is 10.7. The molecule has 0 spiro atoms. The zero-order valence-electron chi connectivity index (χ0n) is 8.56. The first-order chi connectivity index (χ1) is 7.33. The van der Waals surface area contributed by atoms with Gasteiger partial charge in [0.1, 0.15) is 0 Å². The second-order valence-corrected chi connectivity index (χ2v) is 5.80. The fourth-order valence-corrected chi connectivity index (χ4v) is 3.15. The predicted molar refractivity (Wildman–Crippen MR) is 67.8 cm³/mol. The van der Waals surface area contributed by atoms with Crippen molar-refractivity contribution in [2.45, 2.75) is 19.3 Å². The Kier molecular flexibility index (Phi) is 2.54. The van der Waals surface area contributed by atoms with Gasteiger partial charge in [-0.25, -0.2) is 9.97 Å². The van der Waals surface area contributed by atoms with E-state index >= 15 is 0 Å². The highest BCUT2D eigenvalue weighted by Gasteiger charge is 2.36. The van der Waals surface area contributed by atoms with Crippen LogP contribution in [0.4, 0.5) is 5.95 Å². The lowest BCUT2D eigenvalue weighted by Crippen LogP contribution is -2.22. The van der Waals surface area contributed by atoms with Gasteiger partial charge in [0.05, 0.1) is 0 Å². The van der Waals surface area contributed by atoms with E-state index in [-0.39, 0.29) is 0 Å². The van der Waals surface area contributed by atoms with Gasteiger partial charge in [-0.1, -0.05) is 6.42 Å². The Morgan fingerprint density at radius 2 is 1.73 bits per heavy atom. The molecule has 0 amide bonds. The van der Waals surface area contributed by atoms with Crippen LogP contribution in [0.15, 0.2) is 12.4 Å². The van der Waals surface area contributed by atoms with Crippen molar-refractivity contribution in [3.8, 4) is 0 Å². The van der Waals surface area contributed by atoms with Gasteiger partial charge >= 0.3 is 0 Å². The molecule has 2 unspecified atom stereocenters. The maximum Gasteiger partial charge on any atom is 0.225 e. The molecule has 0 N–H and O–H groups in total. The van der Waals surface area contributed by atoms with Crippen LogP contribution in [0, 0.1) is 15.4 Å². The first-order valence-corrected chi connectivity index (χ1v) is 6.63.